The fourth-order valence-corrected chi connectivity index (χ4v) is 5.75. The second-order valence-electron chi connectivity index (χ2n) is 9.09. The molecule has 6 nitrogen and oxygen atoms in total. The molecule has 4 aliphatic rings. The van der Waals surface area contributed by atoms with Gasteiger partial charge in [-0.2, -0.15) is 0 Å². The zero-order valence-electron chi connectivity index (χ0n) is 16.6. The quantitative estimate of drug-likeness (QED) is 0.780. The van der Waals surface area contributed by atoms with E-state index in [0.29, 0.717) is 17.9 Å². The lowest BCUT2D eigenvalue weighted by atomic mass is 9.73. The Hall–Kier alpha value is -1.21. The van der Waals surface area contributed by atoms with Crippen molar-refractivity contribution < 1.29 is 9.47 Å². The van der Waals surface area contributed by atoms with Crippen molar-refractivity contribution in [2.75, 3.05) is 64.9 Å². The number of hydrogen-bond donors (Lipinski definition) is 0. The largest absolute Gasteiger partial charge is 0.379 e. The number of fused-ring (bicyclic) bond motifs is 1. The second kappa shape index (κ2) is 6.99. The van der Waals surface area contributed by atoms with E-state index in [0.717, 1.165) is 58.3 Å². The average molecular weight is 373 g/mol. The molecule has 0 aromatic carbocycles. The minimum absolute atomic E-state index is 0.0828. The molecule has 0 N–H and O–H groups in total. The van der Waals surface area contributed by atoms with Crippen LogP contribution >= 0.6 is 0 Å². The first kappa shape index (κ1) is 17.9. The fourth-order valence-electron chi connectivity index (χ4n) is 5.75. The summed E-state index contributed by atoms with van der Waals surface area (Å²) in [5.41, 5.74) is 1.38. The van der Waals surface area contributed by atoms with Crippen molar-refractivity contribution >= 4 is 5.82 Å². The highest BCUT2D eigenvalue weighted by atomic mass is 16.5. The number of pyridine rings is 1. The Kier molecular flexibility index (Phi) is 4.63. The number of morpholine rings is 1. The molecule has 0 amide bonds. The highest BCUT2D eigenvalue weighted by Crippen LogP contribution is 2.55. The van der Waals surface area contributed by atoms with Gasteiger partial charge in [0.25, 0.3) is 0 Å². The predicted octanol–water partition coefficient (Wildman–Crippen LogP) is 1.46. The Morgan fingerprint density at radius 2 is 2.11 bits per heavy atom. The molecule has 4 aliphatic heterocycles. The lowest BCUT2D eigenvalue weighted by molar-refractivity contribution is 0.0136. The maximum atomic E-state index is 6.56. The zero-order chi connectivity index (χ0) is 18.4. The Labute approximate surface area is 162 Å². The molecule has 0 unspecified atom stereocenters. The molecule has 0 radical (unpaired) electrons. The number of rotatable bonds is 5. The molecule has 2 bridgehead atoms. The van der Waals surface area contributed by atoms with Crippen LogP contribution in [0.3, 0.4) is 0 Å². The first-order valence-electron chi connectivity index (χ1n) is 10.5. The number of nitrogens with zero attached hydrogens (tertiary/aromatic N) is 4. The van der Waals surface area contributed by atoms with Gasteiger partial charge >= 0.3 is 0 Å². The van der Waals surface area contributed by atoms with Crippen LogP contribution in [0.2, 0.25) is 0 Å². The minimum Gasteiger partial charge on any atom is -0.379 e. The molecule has 5 heterocycles. The van der Waals surface area contributed by atoms with Gasteiger partial charge in [-0.15, -0.1) is 0 Å². The average Bonchev–Trinajstić information content (AvgIpc) is 3.33. The van der Waals surface area contributed by atoms with E-state index < -0.39 is 0 Å². The van der Waals surface area contributed by atoms with Gasteiger partial charge in [-0.3, -0.25) is 4.90 Å². The Morgan fingerprint density at radius 3 is 2.85 bits per heavy atom. The summed E-state index contributed by atoms with van der Waals surface area (Å²) in [7, 11) is 4.36. The summed E-state index contributed by atoms with van der Waals surface area (Å²) in [5, 5.41) is 0. The topological polar surface area (TPSA) is 41.1 Å². The van der Waals surface area contributed by atoms with E-state index in [1.165, 1.54) is 18.4 Å². The van der Waals surface area contributed by atoms with E-state index in [9.17, 15) is 0 Å². The maximum absolute atomic E-state index is 6.56. The first-order valence-corrected chi connectivity index (χ1v) is 10.5. The van der Waals surface area contributed by atoms with Crippen LogP contribution in [0.15, 0.2) is 18.3 Å². The van der Waals surface area contributed by atoms with Crippen molar-refractivity contribution in [3.8, 4) is 0 Å². The smallest absolute Gasteiger partial charge is 0.128 e. The number of ether oxygens (including phenoxy) is 2. The van der Waals surface area contributed by atoms with Crippen LogP contribution < -0.4 is 4.90 Å². The van der Waals surface area contributed by atoms with Crippen LogP contribution in [-0.2, 0) is 16.0 Å². The van der Waals surface area contributed by atoms with Gasteiger partial charge in [0.1, 0.15) is 5.82 Å². The van der Waals surface area contributed by atoms with Gasteiger partial charge in [0.2, 0.25) is 0 Å². The standard InChI is InChI=1S/C21H32N4O2/c1-23(2)13-17-18-14-25(15-21(18)6-5-19(17)27-21)20-4-3-16(11-22-20)12-24-7-9-26-10-8-24/h3-4,11,17-19H,5-10,12-15H2,1-2H3/t17-,18+,19+,21+/m1/s1. The molecule has 1 spiro atoms. The summed E-state index contributed by atoms with van der Waals surface area (Å²) in [5.74, 6) is 2.42. The third kappa shape index (κ3) is 3.27. The van der Waals surface area contributed by atoms with Crippen molar-refractivity contribution in [1.29, 1.82) is 0 Å². The van der Waals surface area contributed by atoms with E-state index in [4.69, 9.17) is 14.5 Å². The first-order chi connectivity index (χ1) is 13.1. The summed E-state index contributed by atoms with van der Waals surface area (Å²) in [6.45, 7) is 7.93. The summed E-state index contributed by atoms with van der Waals surface area (Å²) < 4.78 is 12.0. The minimum atomic E-state index is 0.0828. The van der Waals surface area contributed by atoms with E-state index >= 15 is 0 Å². The predicted molar refractivity (Wildman–Crippen MR) is 105 cm³/mol. The fraction of sp³-hybridized carbons (Fsp3) is 0.762. The van der Waals surface area contributed by atoms with Crippen molar-refractivity contribution in [2.24, 2.45) is 11.8 Å². The maximum Gasteiger partial charge on any atom is 0.128 e. The highest BCUT2D eigenvalue weighted by molar-refractivity contribution is 5.43. The Morgan fingerprint density at radius 1 is 1.26 bits per heavy atom. The molecule has 148 valence electrons. The number of aromatic nitrogens is 1. The van der Waals surface area contributed by atoms with Gasteiger partial charge < -0.3 is 19.3 Å². The van der Waals surface area contributed by atoms with Crippen molar-refractivity contribution in [2.45, 2.75) is 31.1 Å². The summed E-state index contributed by atoms with van der Waals surface area (Å²) in [6, 6.07) is 4.46. The molecule has 4 atom stereocenters. The van der Waals surface area contributed by atoms with Crippen molar-refractivity contribution in [1.82, 2.24) is 14.8 Å². The zero-order valence-corrected chi connectivity index (χ0v) is 16.6. The van der Waals surface area contributed by atoms with Crippen LogP contribution in [0.5, 0.6) is 0 Å². The van der Waals surface area contributed by atoms with Crippen LogP contribution in [0, 0.1) is 11.8 Å². The molecule has 0 aliphatic carbocycles. The SMILES string of the molecule is CN(C)C[C@H]1[C@@H]2CC[C@@]3(CN(c4ccc(CN5CCOCC5)cn4)C[C@@H]13)O2. The molecule has 5 rings (SSSR count). The molecule has 1 aromatic heterocycles. The molecule has 4 fully saturated rings. The monoisotopic (exact) mass is 372 g/mol. The second-order valence-corrected chi connectivity index (χ2v) is 9.09. The van der Waals surface area contributed by atoms with Crippen LogP contribution in [0.1, 0.15) is 18.4 Å². The third-order valence-electron chi connectivity index (χ3n) is 7.00. The van der Waals surface area contributed by atoms with Gasteiger partial charge in [0, 0.05) is 57.3 Å². The molecular weight excluding hydrogens is 340 g/mol. The molecule has 27 heavy (non-hydrogen) atoms. The van der Waals surface area contributed by atoms with Crippen LogP contribution in [0.4, 0.5) is 5.82 Å². The Bertz CT molecular complexity index is 661. The number of hydrogen-bond acceptors (Lipinski definition) is 6. The van der Waals surface area contributed by atoms with Gasteiger partial charge in [0.15, 0.2) is 0 Å². The summed E-state index contributed by atoms with van der Waals surface area (Å²) in [6.07, 6.45) is 4.99. The van der Waals surface area contributed by atoms with Crippen molar-refractivity contribution in [3.63, 3.8) is 0 Å². The molecular formula is C21H32N4O2. The van der Waals surface area contributed by atoms with Gasteiger partial charge in [-0.05, 0) is 38.6 Å². The van der Waals surface area contributed by atoms with Gasteiger partial charge in [-0.25, -0.2) is 4.98 Å². The molecule has 1 aromatic rings. The summed E-state index contributed by atoms with van der Waals surface area (Å²) in [4.78, 5) is 12.1. The van der Waals surface area contributed by atoms with E-state index in [2.05, 4.69) is 47.1 Å². The van der Waals surface area contributed by atoms with E-state index in [1.54, 1.807) is 0 Å². The van der Waals surface area contributed by atoms with Crippen molar-refractivity contribution in [3.05, 3.63) is 23.9 Å². The van der Waals surface area contributed by atoms with Crippen LogP contribution in [0.25, 0.3) is 0 Å². The van der Waals surface area contributed by atoms with Gasteiger partial charge in [-0.1, -0.05) is 6.07 Å². The van der Waals surface area contributed by atoms with E-state index in [1.807, 2.05) is 0 Å². The lowest BCUT2D eigenvalue weighted by Gasteiger charge is -2.30. The highest BCUT2D eigenvalue weighted by Gasteiger charge is 2.63. The molecule has 0 saturated carbocycles. The lowest BCUT2D eigenvalue weighted by Crippen LogP contribution is -2.40. The third-order valence-corrected chi connectivity index (χ3v) is 7.00. The Balaban J connectivity index is 1.26. The normalized spacial score (nSPS) is 36.0. The molecule has 6 heteroatoms. The molecule has 4 saturated heterocycles. The van der Waals surface area contributed by atoms with Gasteiger partial charge in [0.05, 0.1) is 24.9 Å². The summed E-state index contributed by atoms with van der Waals surface area (Å²) >= 11 is 0. The van der Waals surface area contributed by atoms with E-state index in [-0.39, 0.29) is 5.60 Å². The van der Waals surface area contributed by atoms with Crippen LogP contribution in [-0.4, -0.2) is 86.5 Å². The number of anilines is 1.